The van der Waals surface area contributed by atoms with E-state index in [-0.39, 0.29) is 5.41 Å². The molecular formula is C11H22O. The minimum atomic E-state index is -0.425. The molecule has 1 saturated carbocycles. The summed E-state index contributed by atoms with van der Waals surface area (Å²) in [6, 6.07) is 0. The molecule has 1 nitrogen and oxygen atoms in total. The summed E-state index contributed by atoms with van der Waals surface area (Å²) in [5.41, 5.74) is -0.315. The molecule has 0 aliphatic heterocycles. The van der Waals surface area contributed by atoms with Gasteiger partial charge in [-0.05, 0) is 30.6 Å². The third-order valence-electron chi connectivity index (χ3n) is 3.97. The van der Waals surface area contributed by atoms with Gasteiger partial charge in [-0.1, -0.05) is 34.1 Å². The smallest absolute Gasteiger partial charge is 0.0721 e. The maximum Gasteiger partial charge on any atom is 0.0721 e. The highest BCUT2D eigenvalue weighted by Crippen LogP contribution is 2.48. The molecular weight excluding hydrogens is 148 g/mol. The Morgan fingerprint density at radius 3 is 2.33 bits per heavy atom. The fourth-order valence-electron chi connectivity index (χ4n) is 2.80. The maximum absolute atomic E-state index is 10.5. The lowest BCUT2D eigenvalue weighted by Gasteiger charge is -2.50. The molecule has 1 aliphatic rings. The van der Waals surface area contributed by atoms with Crippen molar-refractivity contribution >= 4 is 0 Å². The summed E-state index contributed by atoms with van der Waals surface area (Å²) in [4.78, 5) is 0. The lowest BCUT2D eigenvalue weighted by Crippen LogP contribution is -2.51. The Hall–Kier alpha value is -0.0400. The van der Waals surface area contributed by atoms with Gasteiger partial charge in [0.15, 0.2) is 0 Å². The molecule has 1 N–H and O–H groups in total. The summed E-state index contributed by atoms with van der Waals surface area (Å²) in [6.45, 7) is 8.69. The number of aliphatic hydroxyl groups is 1. The van der Waals surface area contributed by atoms with E-state index in [4.69, 9.17) is 0 Å². The van der Waals surface area contributed by atoms with Crippen LogP contribution in [0.4, 0.5) is 0 Å². The molecule has 0 saturated heterocycles. The Labute approximate surface area is 76.2 Å². The van der Waals surface area contributed by atoms with Crippen LogP contribution in [-0.2, 0) is 0 Å². The van der Waals surface area contributed by atoms with Gasteiger partial charge in [-0.2, -0.15) is 0 Å². The molecule has 1 fully saturated rings. The lowest BCUT2D eigenvalue weighted by atomic mass is 9.60. The molecule has 12 heavy (non-hydrogen) atoms. The third-order valence-corrected chi connectivity index (χ3v) is 3.97. The molecule has 2 atom stereocenters. The monoisotopic (exact) mass is 170 g/mol. The van der Waals surface area contributed by atoms with E-state index in [1.165, 1.54) is 19.3 Å². The van der Waals surface area contributed by atoms with Crippen LogP contribution < -0.4 is 0 Å². The standard InChI is InChI=1S/C11H22O/c1-5-11(12)9(2)7-6-8-10(11,3)4/h9,12H,5-8H2,1-4H3. The van der Waals surface area contributed by atoms with Crippen molar-refractivity contribution in [2.45, 2.75) is 59.0 Å². The van der Waals surface area contributed by atoms with Crippen LogP contribution >= 0.6 is 0 Å². The van der Waals surface area contributed by atoms with Crippen LogP contribution in [-0.4, -0.2) is 10.7 Å². The minimum Gasteiger partial charge on any atom is -0.389 e. The summed E-state index contributed by atoms with van der Waals surface area (Å²) in [7, 11) is 0. The molecule has 0 radical (unpaired) electrons. The Kier molecular flexibility index (Phi) is 2.53. The molecule has 0 aromatic heterocycles. The first-order valence-corrected chi connectivity index (χ1v) is 5.16. The first-order valence-electron chi connectivity index (χ1n) is 5.16. The van der Waals surface area contributed by atoms with Crippen LogP contribution in [0, 0.1) is 11.3 Å². The van der Waals surface area contributed by atoms with Gasteiger partial charge in [0.05, 0.1) is 5.60 Å². The predicted molar refractivity (Wildman–Crippen MR) is 52.0 cm³/mol. The predicted octanol–water partition coefficient (Wildman–Crippen LogP) is 2.97. The van der Waals surface area contributed by atoms with Gasteiger partial charge in [-0.25, -0.2) is 0 Å². The number of rotatable bonds is 1. The van der Waals surface area contributed by atoms with Crippen LogP contribution in [0.2, 0.25) is 0 Å². The highest BCUT2D eigenvalue weighted by molar-refractivity contribution is 4.98. The van der Waals surface area contributed by atoms with Crippen molar-refractivity contribution in [3.63, 3.8) is 0 Å². The summed E-state index contributed by atoms with van der Waals surface area (Å²) < 4.78 is 0. The largest absolute Gasteiger partial charge is 0.389 e. The Balaban J connectivity index is 2.88. The van der Waals surface area contributed by atoms with E-state index >= 15 is 0 Å². The van der Waals surface area contributed by atoms with Gasteiger partial charge in [0.2, 0.25) is 0 Å². The zero-order valence-corrected chi connectivity index (χ0v) is 8.85. The second-order valence-electron chi connectivity index (χ2n) is 4.95. The topological polar surface area (TPSA) is 20.2 Å². The SMILES string of the molecule is CCC1(O)C(C)CCCC1(C)C. The highest BCUT2D eigenvalue weighted by Gasteiger charge is 2.47. The van der Waals surface area contributed by atoms with Gasteiger partial charge in [0.25, 0.3) is 0 Å². The molecule has 0 aromatic rings. The first kappa shape index (κ1) is 10.0. The van der Waals surface area contributed by atoms with E-state index in [0.29, 0.717) is 5.92 Å². The Morgan fingerprint density at radius 1 is 1.42 bits per heavy atom. The van der Waals surface area contributed by atoms with Crippen molar-refractivity contribution in [2.75, 3.05) is 0 Å². The zero-order chi connectivity index (χ0) is 9.41. The van der Waals surface area contributed by atoms with Gasteiger partial charge in [-0.3, -0.25) is 0 Å². The van der Waals surface area contributed by atoms with E-state index in [1.807, 2.05) is 0 Å². The normalized spacial score (nSPS) is 41.2. The van der Waals surface area contributed by atoms with Gasteiger partial charge >= 0.3 is 0 Å². The number of hydrogen-bond acceptors (Lipinski definition) is 1. The molecule has 1 rings (SSSR count). The highest BCUT2D eigenvalue weighted by atomic mass is 16.3. The summed E-state index contributed by atoms with van der Waals surface area (Å²) >= 11 is 0. The van der Waals surface area contributed by atoms with Crippen LogP contribution in [0.25, 0.3) is 0 Å². The van der Waals surface area contributed by atoms with Crippen LogP contribution in [0.3, 0.4) is 0 Å². The van der Waals surface area contributed by atoms with Crippen molar-refractivity contribution in [3.8, 4) is 0 Å². The fourth-order valence-corrected chi connectivity index (χ4v) is 2.80. The van der Waals surface area contributed by atoms with Crippen LogP contribution in [0.1, 0.15) is 53.4 Å². The zero-order valence-electron chi connectivity index (χ0n) is 8.85. The van der Waals surface area contributed by atoms with E-state index < -0.39 is 5.60 Å². The van der Waals surface area contributed by atoms with Crippen molar-refractivity contribution in [1.29, 1.82) is 0 Å². The van der Waals surface area contributed by atoms with Crippen molar-refractivity contribution in [2.24, 2.45) is 11.3 Å². The molecule has 0 amide bonds. The first-order chi connectivity index (χ1) is 5.44. The van der Waals surface area contributed by atoms with Crippen LogP contribution in [0.15, 0.2) is 0 Å². The molecule has 0 heterocycles. The molecule has 2 unspecified atom stereocenters. The van der Waals surface area contributed by atoms with Gasteiger partial charge in [-0.15, -0.1) is 0 Å². The lowest BCUT2D eigenvalue weighted by molar-refractivity contribution is -0.135. The molecule has 1 heteroatoms. The fraction of sp³-hybridized carbons (Fsp3) is 1.00. The van der Waals surface area contributed by atoms with Gasteiger partial charge in [0, 0.05) is 0 Å². The molecule has 1 aliphatic carbocycles. The third kappa shape index (κ3) is 1.28. The van der Waals surface area contributed by atoms with E-state index in [0.717, 1.165) is 6.42 Å². The summed E-state index contributed by atoms with van der Waals surface area (Å²) in [5.74, 6) is 0.464. The van der Waals surface area contributed by atoms with E-state index in [2.05, 4.69) is 27.7 Å². The molecule has 72 valence electrons. The van der Waals surface area contributed by atoms with Crippen molar-refractivity contribution in [1.82, 2.24) is 0 Å². The average molecular weight is 170 g/mol. The second-order valence-corrected chi connectivity index (χ2v) is 4.95. The van der Waals surface area contributed by atoms with Crippen LogP contribution in [0.5, 0.6) is 0 Å². The van der Waals surface area contributed by atoms with Gasteiger partial charge < -0.3 is 5.11 Å². The van der Waals surface area contributed by atoms with E-state index in [1.54, 1.807) is 0 Å². The second kappa shape index (κ2) is 3.02. The quantitative estimate of drug-likeness (QED) is 0.641. The minimum absolute atomic E-state index is 0.111. The summed E-state index contributed by atoms with van der Waals surface area (Å²) in [5, 5.41) is 10.5. The average Bonchev–Trinajstić information content (AvgIpc) is 2.00. The molecule has 0 spiro atoms. The molecule has 0 aromatic carbocycles. The van der Waals surface area contributed by atoms with E-state index in [9.17, 15) is 5.11 Å². The van der Waals surface area contributed by atoms with Gasteiger partial charge in [0.1, 0.15) is 0 Å². The van der Waals surface area contributed by atoms with Crippen molar-refractivity contribution in [3.05, 3.63) is 0 Å². The Morgan fingerprint density at radius 2 is 2.00 bits per heavy atom. The number of hydrogen-bond donors (Lipinski definition) is 1. The Bertz CT molecular complexity index is 162. The molecule has 0 bridgehead atoms. The maximum atomic E-state index is 10.5. The van der Waals surface area contributed by atoms with Crippen molar-refractivity contribution < 1.29 is 5.11 Å². The summed E-state index contributed by atoms with van der Waals surface area (Å²) in [6.07, 6.45) is 4.52.